The van der Waals surface area contributed by atoms with Crippen LogP contribution in [0.15, 0.2) is 42.6 Å². The van der Waals surface area contributed by atoms with E-state index in [0.717, 1.165) is 11.3 Å². The van der Waals surface area contributed by atoms with E-state index >= 15 is 0 Å². The highest BCUT2D eigenvalue weighted by atomic mass is 16.1. The number of carbonyl (C=O) groups is 1. The zero-order valence-electron chi connectivity index (χ0n) is 11.1. The van der Waals surface area contributed by atoms with E-state index in [1.807, 2.05) is 44.2 Å². The van der Waals surface area contributed by atoms with Crippen molar-refractivity contribution >= 4 is 11.6 Å². The number of carbonyl (C=O) groups excluding carboxylic acids is 1. The number of benzene rings is 1. The van der Waals surface area contributed by atoms with E-state index < -0.39 is 0 Å². The van der Waals surface area contributed by atoms with Crippen molar-refractivity contribution in [2.24, 2.45) is 0 Å². The van der Waals surface area contributed by atoms with E-state index in [1.54, 1.807) is 12.3 Å². The third-order valence-electron chi connectivity index (χ3n) is 3.05. The van der Waals surface area contributed by atoms with E-state index in [2.05, 4.69) is 10.3 Å². The Bertz CT molecular complexity index is 581. The third kappa shape index (κ3) is 2.91. The molecule has 2 rings (SSSR count). The number of nitrogens with two attached hydrogens (primary N) is 1. The van der Waals surface area contributed by atoms with E-state index in [9.17, 15) is 4.79 Å². The van der Waals surface area contributed by atoms with Gasteiger partial charge in [-0.25, -0.2) is 0 Å². The first kappa shape index (κ1) is 13.1. The van der Waals surface area contributed by atoms with Crippen LogP contribution in [0.3, 0.4) is 0 Å². The lowest BCUT2D eigenvalue weighted by molar-refractivity contribution is 0.0940. The highest BCUT2D eigenvalue weighted by molar-refractivity contribution is 5.99. The summed E-state index contributed by atoms with van der Waals surface area (Å²) in [6, 6.07) is 10.9. The number of nitrogens with zero attached hydrogens (tertiary/aromatic N) is 1. The summed E-state index contributed by atoms with van der Waals surface area (Å²) in [5, 5.41) is 2.90. The molecule has 0 saturated carbocycles. The molecule has 0 radical (unpaired) electrons. The first-order valence-corrected chi connectivity index (χ1v) is 6.16. The Morgan fingerprint density at radius 2 is 2.05 bits per heavy atom. The van der Waals surface area contributed by atoms with Crippen molar-refractivity contribution in [1.29, 1.82) is 0 Å². The van der Waals surface area contributed by atoms with Crippen LogP contribution in [-0.4, -0.2) is 10.9 Å². The first-order valence-electron chi connectivity index (χ1n) is 6.16. The summed E-state index contributed by atoms with van der Waals surface area (Å²) in [5.74, 6) is -0.181. The summed E-state index contributed by atoms with van der Waals surface area (Å²) in [5.41, 5.74) is 8.67. The summed E-state index contributed by atoms with van der Waals surface area (Å²) < 4.78 is 0. The van der Waals surface area contributed by atoms with Crippen molar-refractivity contribution in [3.63, 3.8) is 0 Å². The summed E-state index contributed by atoms with van der Waals surface area (Å²) in [7, 11) is 0. The summed E-state index contributed by atoms with van der Waals surface area (Å²) >= 11 is 0. The minimum Gasteiger partial charge on any atom is -0.398 e. The fraction of sp³-hybridized carbons (Fsp3) is 0.200. The maximum Gasteiger partial charge on any atom is 0.253 e. The zero-order chi connectivity index (χ0) is 13.8. The molecule has 1 unspecified atom stereocenters. The number of rotatable bonds is 3. The molecular formula is C15H17N3O. The van der Waals surface area contributed by atoms with Crippen LogP contribution in [0.2, 0.25) is 0 Å². The standard InChI is InChI=1S/C15H17N3O/c1-10-6-5-7-12(14(10)16)15(19)18-11(2)13-8-3-4-9-17-13/h3-9,11H,16H2,1-2H3,(H,18,19). The highest BCUT2D eigenvalue weighted by Crippen LogP contribution is 2.17. The minimum absolute atomic E-state index is 0.159. The summed E-state index contributed by atoms with van der Waals surface area (Å²) in [6.45, 7) is 3.78. The maximum absolute atomic E-state index is 12.2. The Labute approximate surface area is 112 Å². The highest BCUT2D eigenvalue weighted by Gasteiger charge is 2.14. The van der Waals surface area contributed by atoms with E-state index in [1.165, 1.54) is 0 Å². The molecule has 1 atom stereocenters. The van der Waals surface area contributed by atoms with Crippen molar-refractivity contribution in [3.05, 3.63) is 59.4 Å². The van der Waals surface area contributed by atoms with Crippen molar-refractivity contribution in [3.8, 4) is 0 Å². The lowest BCUT2D eigenvalue weighted by atomic mass is 10.1. The van der Waals surface area contributed by atoms with Gasteiger partial charge in [0.1, 0.15) is 0 Å². The molecule has 1 heterocycles. The fourth-order valence-electron chi connectivity index (χ4n) is 1.86. The van der Waals surface area contributed by atoms with Crippen LogP contribution in [0.4, 0.5) is 5.69 Å². The molecule has 0 aliphatic heterocycles. The van der Waals surface area contributed by atoms with Crippen molar-refractivity contribution in [1.82, 2.24) is 10.3 Å². The van der Waals surface area contributed by atoms with Crippen molar-refractivity contribution in [2.75, 3.05) is 5.73 Å². The molecule has 0 saturated heterocycles. The number of hydrogen-bond donors (Lipinski definition) is 2. The molecular weight excluding hydrogens is 238 g/mol. The lowest BCUT2D eigenvalue weighted by Gasteiger charge is -2.14. The monoisotopic (exact) mass is 255 g/mol. The molecule has 4 heteroatoms. The fourth-order valence-corrected chi connectivity index (χ4v) is 1.86. The number of aryl methyl sites for hydroxylation is 1. The Morgan fingerprint density at radius 3 is 2.74 bits per heavy atom. The van der Waals surface area contributed by atoms with Gasteiger partial charge >= 0.3 is 0 Å². The number of para-hydroxylation sites is 1. The van der Waals surface area contributed by atoms with Gasteiger partial charge in [0.2, 0.25) is 0 Å². The second-order valence-electron chi connectivity index (χ2n) is 4.49. The molecule has 4 nitrogen and oxygen atoms in total. The van der Waals surface area contributed by atoms with Crippen molar-refractivity contribution in [2.45, 2.75) is 19.9 Å². The van der Waals surface area contributed by atoms with Gasteiger partial charge in [-0.15, -0.1) is 0 Å². The van der Waals surface area contributed by atoms with Crippen LogP contribution in [0.1, 0.15) is 34.6 Å². The summed E-state index contributed by atoms with van der Waals surface area (Å²) in [4.78, 5) is 16.4. The van der Waals surface area contributed by atoms with E-state index in [4.69, 9.17) is 5.73 Å². The van der Waals surface area contributed by atoms with Gasteiger partial charge < -0.3 is 11.1 Å². The van der Waals surface area contributed by atoms with Gasteiger partial charge in [0.05, 0.1) is 17.3 Å². The predicted octanol–water partition coefficient (Wildman–Crippen LogP) is 2.46. The number of anilines is 1. The number of aromatic nitrogens is 1. The molecule has 1 aromatic heterocycles. The SMILES string of the molecule is Cc1cccc(C(=O)NC(C)c2ccccn2)c1N. The topological polar surface area (TPSA) is 68.0 Å². The number of amides is 1. The van der Waals surface area contributed by atoms with E-state index in [-0.39, 0.29) is 11.9 Å². The first-order chi connectivity index (χ1) is 9.09. The molecule has 1 amide bonds. The molecule has 0 aliphatic rings. The average Bonchev–Trinajstić information content (AvgIpc) is 2.42. The second-order valence-corrected chi connectivity index (χ2v) is 4.49. The minimum atomic E-state index is -0.181. The largest absolute Gasteiger partial charge is 0.398 e. The lowest BCUT2D eigenvalue weighted by Crippen LogP contribution is -2.28. The van der Waals surface area contributed by atoms with Crippen LogP contribution < -0.4 is 11.1 Å². The van der Waals surface area contributed by atoms with Gasteiger partial charge in [-0.05, 0) is 37.6 Å². The molecule has 1 aromatic carbocycles. The number of hydrogen-bond acceptors (Lipinski definition) is 3. The molecule has 0 aliphatic carbocycles. The smallest absolute Gasteiger partial charge is 0.253 e. The molecule has 0 spiro atoms. The van der Waals surface area contributed by atoms with E-state index in [0.29, 0.717) is 11.3 Å². The van der Waals surface area contributed by atoms with Gasteiger partial charge in [-0.3, -0.25) is 9.78 Å². The zero-order valence-corrected chi connectivity index (χ0v) is 11.1. The summed E-state index contributed by atoms with van der Waals surface area (Å²) in [6.07, 6.45) is 1.71. The Balaban J connectivity index is 2.16. The number of pyridine rings is 1. The maximum atomic E-state index is 12.2. The van der Waals surface area contributed by atoms with Gasteiger partial charge in [-0.1, -0.05) is 18.2 Å². The predicted molar refractivity (Wildman–Crippen MR) is 75.7 cm³/mol. The van der Waals surface area contributed by atoms with Gasteiger partial charge in [-0.2, -0.15) is 0 Å². The molecule has 0 bridgehead atoms. The van der Waals surface area contributed by atoms with Crippen LogP contribution in [0.25, 0.3) is 0 Å². The van der Waals surface area contributed by atoms with Crippen LogP contribution in [0.5, 0.6) is 0 Å². The normalized spacial score (nSPS) is 11.9. The Kier molecular flexibility index (Phi) is 3.80. The molecule has 3 N–H and O–H groups in total. The second kappa shape index (κ2) is 5.52. The number of nitrogen functional groups attached to an aromatic ring is 1. The average molecular weight is 255 g/mol. The van der Waals surface area contributed by atoms with Crippen molar-refractivity contribution < 1.29 is 4.79 Å². The Hall–Kier alpha value is -2.36. The molecule has 98 valence electrons. The Morgan fingerprint density at radius 1 is 1.26 bits per heavy atom. The van der Waals surface area contributed by atoms with Gasteiger partial charge in [0.25, 0.3) is 5.91 Å². The van der Waals surface area contributed by atoms with Crippen LogP contribution in [-0.2, 0) is 0 Å². The quantitative estimate of drug-likeness (QED) is 0.828. The van der Waals surface area contributed by atoms with Crippen LogP contribution in [0, 0.1) is 6.92 Å². The third-order valence-corrected chi connectivity index (χ3v) is 3.05. The molecule has 2 aromatic rings. The molecule has 19 heavy (non-hydrogen) atoms. The van der Waals surface area contributed by atoms with Gasteiger partial charge in [0, 0.05) is 11.9 Å². The molecule has 0 fully saturated rings. The van der Waals surface area contributed by atoms with Gasteiger partial charge in [0.15, 0.2) is 0 Å². The number of nitrogens with one attached hydrogen (secondary N) is 1. The van der Waals surface area contributed by atoms with Crippen LogP contribution >= 0.6 is 0 Å².